The van der Waals surface area contributed by atoms with Crippen molar-refractivity contribution in [1.29, 1.82) is 0 Å². The lowest BCUT2D eigenvalue weighted by atomic mass is 9.89. The molecule has 2 heterocycles. The molecule has 136 valence electrons. The monoisotopic (exact) mass is 371 g/mol. The normalized spacial score (nSPS) is 24.8. The smallest absolute Gasteiger partial charge is 0.308 e. The first-order valence-electron chi connectivity index (χ1n) is 9.03. The van der Waals surface area contributed by atoms with E-state index >= 15 is 0 Å². The number of nitrogens with zero attached hydrogens (tertiary/aromatic N) is 1. The Balaban J connectivity index is 1.43. The van der Waals surface area contributed by atoms with Crippen LogP contribution in [0.15, 0.2) is 42.5 Å². The van der Waals surface area contributed by atoms with Gasteiger partial charge in [-0.1, -0.05) is 23.7 Å². The van der Waals surface area contributed by atoms with Gasteiger partial charge in [-0.3, -0.25) is 9.69 Å². The Bertz CT molecular complexity index is 821. The molecule has 1 N–H and O–H groups in total. The second kappa shape index (κ2) is 6.93. The fourth-order valence-corrected chi connectivity index (χ4v) is 4.57. The molecule has 3 atom stereocenters. The van der Waals surface area contributed by atoms with Gasteiger partial charge in [0.15, 0.2) is 0 Å². The molecule has 4 rings (SSSR count). The Kier molecular flexibility index (Phi) is 4.63. The summed E-state index contributed by atoms with van der Waals surface area (Å²) in [4.78, 5) is 13.8. The van der Waals surface area contributed by atoms with E-state index in [1.807, 2.05) is 37.3 Å². The molecule has 4 nitrogen and oxygen atoms in total. The van der Waals surface area contributed by atoms with Gasteiger partial charge in [0.2, 0.25) is 0 Å². The average Bonchev–Trinajstić information content (AvgIpc) is 3.16. The van der Waals surface area contributed by atoms with Crippen molar-refractivity contribution < 1.29 is 14.6 Å². The third-order valence-electron chi connectivity index (χ3n) is 5.65. The highest BCUT2D eigenvalue weighted by Crippen LogP contribution is 2.42. The highest BCUT2D eigenvalue weighted by molar-refractivity contribution is 6.30. The second-order valence-corrected chi connectivity index (χ2v) is 7.74. The van der Waals surface area contributed by atoms with Crippen molar-refractivity contribution in [2.24, 2.45) is 5.92 Å². The molecule has 3 unspecified atom stereocenters. The topological polar surface area (TPSA) is 49.8 Å². The van der Waals surface area contributed by atoms with E-state index in [9.17, 15) is 9.90 Å². The molecular formula is C21H22ClNO3. The Morgan fingerprint density at radius 2 is 2.00 bits per heavy atom. The minimum atomic E-state index is -0.649. The molecule has 2 aromatic rings. The van der Waals surface area contributed by atoms with E-state index < -0.39 is 5.97 Å². The Labute approximate surface area is 158 Å². The summed E-state index contributed by atoms with van der Waals surface area (Å²) >= 11 is 5.98. The summed E-state index contributed by atoms with van der Waals surface area (Å²) in [7, 11) is 0. The number of carbonyl (C=O) groups is 1. The van der Waals surface area contributed by atoms with Crippen LogP contribution in [-0.4, -0.2) is 28.1 Å². The first-order chi connectivity index (χ1) is 12.5. The van der Waals surface area contributed by atoms with E-state index in [0.717, 1.165) is 42.9 Å². The van der Waals surface area contributed by atoms with E-state index in [4.69, 9.17) is 16.3 Å². The number of carboxylic acid groups (broad SMARTS) is 1. The fraction of sp³-hybridized carbons (Fsp3) is 0.381. The van der Waals surface area contributed by atoms with E-state index in [0.29, 0.717) is 11.1 Å². The highest BCUT2D eigenvalue weighted by atomic mass is 35.5. The molecule has 2 bridgehead atoms. The number of aliphatic carboxylic acids is 1. The van der Waals surface area contributed by atoms with Gasteiger partial charge >= 0.3 is 5.97 Å². The van der Waals surface area contributed by atoms with Crippen LogP contribution in [0.4, 0.5) is 0 Å². The summed E-state index contributed by atoms with van der Waals surface area (Å²) in [6, 6.07) is 14.2. The summed E-state index contributed by atoms with van der Waals surface area (Å²) in [5, 5.41) is 10.1. The predicted octanol–water partition coefficient (Wildman–Crippen LogP) is 4.88. The molecule has 0 amide bonds. The molecule has 2 aliphatic rings. The quantitative estimate of drug-likeness (QED) is 0.813. The average molecular weight is 372 g/mol. The lowest BCUT2D eigenvalue weighted by Gasteiger charge is -2.22. The number of fused-ring (bicyclic) bond motifs is 2. The summed E-state index contributed by atoms with van der Waals surface area (Å²) in [6.45, 7) is 2.77. The maximum atomic E-state index is 11.4. The summed E-state index contributed by atoms with van der Waals surface area (Å²) in [5.41, 5.74) is 2.18. The molecule has 0 radical (unpaired) electrons. The minimum absolute atomic E-state index is 0.185. The van der Waals surface area contributed by atoms with Gasteiger partial charge in [-0.2, -0.15) is 0 Å². The van der Waals surface area contributed by atoms with Crippen LogP contribution in [0.2, 0.25) is 5.02 Å². The van der Waals surface area contributed by atoms with Gasteiger partial charge in [0.25, 0.3) is 0 Å². The number of hydrogen-bond acceptors (Lipinski definition) is 3. The van der Waals surface area contributed by atoms with Crippen LogP contribution in [0.25, 0.3) is 0 Å². The first kappa shape index (κ1) is 17.4. The lowest BCUT2D eigenvalue weighted by Crippen LogP contribution is -2.32. The van der Waals surface area contributed by atoms with Crippen molar-refractivity contribution >= 4 is 17.6 Å². The maximum Gasteiger partial charge on any atom is 0.308 e. The van der Waals surface area contributed by atoms with Crippen LogP contribution in [0.1, 0.15) is 30.4 Å². The molecule has 5 heteroatoms. The van der Waals surface area contributed by atoms with Crippen molar-refractivity contribution in [2.75, 3.05) is 0 Å². The second-order valence-electron chi connectivity index (χ2n) is 7.31. The van der Waals surface area contributed by atoms with Gasteiger partial charge < -0.3 is 9.84 Å². The van der Waals surface area contributed by atoms with Crippen LogP contribution in [0.3, 0.4) is 0 Å². The number of rotatable bonds is 5. The largest absolute Gasteiger partial charge is 0.481 e. The van der Waals surface area contributed by atoms with Crippen LogP contribution in [-0.2, 0) is 11.3 Å². The highest BCUT2D eigenvalue weighted by Gasteiger charge is 2.48. The number of ether oxygens (including phenoxy) is 1. The Morgan fingerprint density at radius 1 is 1.23 bits per heavy atom. The van der Waals surface area contributed by atoms with Gasteiger partial charge in [-0.25, -0.2) is 0 Å². The number of hydrogen-bond donors (Lipinski definition) is 1. The summed E-state index contributed by atoms with van der Waals surface area (Å²) in [6.07, 6.45) is 2.90. The van der Waals surface area contributed by atoms with Crippen molar-refractivity contribution in [3.8, 4) is 11.5 Å². The van der Waals surface area contributed by atoms with Crippen LogP contribution in [0, 0.1) is 12.8 Å². The van der Waals surface area contributed by atoms with Gasteiger partial charge in [-0.05, 0) is 67.6 Å². The molecule has 0 spiro atoms. The summed E-state index contributed by atoms with van der Waals surface area (Å²) < 4.78 is 5.94. The standard InChI is InChI=1S/C21H22ClNO3/c1-13-10-15(22)4-9-20(13)26-17-6-2-14(3-7-17)12-23-16-5-8-19(23)18(11-16)21(24)25/h2-4,6-7,9-10,16,18-19H,5,8,11-12H2,1H3,(H,24,25). The first-order valence-corrected chi connectivity index (χ1v) is 9.40. The van der Waals surface area contributed by atoms with Crippen molar-refractivity contribution in [2.45, 2.75) is 44.8 Å². The van der Waals surface area contributed by atoms with E-state index in [1.54, 1.807) is 0 Å². The number of carboxylic acids is 1. The zero-order valence-electron chi connectivity index (χ0n) is 14.7. The number of aryl methyl sites for hydroxylation is 1. The minimum Gasteiger partial charge on any atom is -0.481 e. The SMILES string of the molecule is Cc1cc(Cl)ccc1Oc1ccc(CN2C3CCC2C(C(=O)O)C3)cc1. The van der Waals surface area contributed by atoms with Gasteiger partial charge in [-0.15, -0.1) is 0 Å². The molecule has 2 aliphatic heterocycles. The molecule has 2 aromatic carbocycles. The van der Waals surface area contributed by atoms with Crippen molar-refractivity contribution in [1.82, 2.24) is 4.90 Å². The third-order valence-corrected chi connectivity index (χ3v) is 5.89. The maximum absolute atomic E-state index is 11.4. The van der Waals surface area contributed by atoms with Gasteiger partial charge in [0, 0.05) is 23.7 Å². The molecule has 0 saturated carbocycles. The number of halogens is 1. The Hall–Kier alpha value is -2.04. The van der Waals surface area contributed by atoms with Crippen LogP contribution in [0.5, 0.6) is 11.5 Å². The fourth-order valence-electron chi connectivity index (χ4n) is 4.34. The molecular weight excluding hydrogens is 350 g/mol. The summed E-state index contributed by atoms with van der Waals surface area (Å²) in [5.74, 6) is 0.726. The zero-order valence-corrected chi connectivity index (χ0v) is 15.4. The lowest BCUT2D eigenvalue weighted by molar-refractivity contribution is -0.142. The van der Waals surface area contributed by atoms with E-state index in [-0.39, 0.29) is 12.0 Å². The molecule has 0 aliphatic carbocycles. The van der Waals surface area contributed by atoms with Crippen molar-refractivity contribution in [3.05, 3.63) is 58.6 Å². The number of benzene rings is 2. The zero-order chi connectivity index (χ0) is 18.3. The van der Waals surface area contributed by atoms with Gasteiger partial charge in [0.1, 0.15) is 11.5 Å². The molecule has 2 fully saturated rings. The molecule has 2 saturated heterocycles. The predicted molar refractivity (Wildman–Crippen MR) is 101 cm³/mol. The van der Waals surface area contributed by atoms with Crippen LogP contribution < -0.4 is 4.74 Å². The van der Waals surface area contributed by atoms with E-state index in [1.165, 1.54) is 5.56 Å². The molecule has 0 aromatic heterocycles. The molecule has 26 heavy (non-hydrogen) atoms. The van der Waals surface area contributed by atoms with E-state index in [2.05, 4.69) is 17.0 Å². The van der Waals surface area contributed by atoms with Crippen molar-refractivity contribution in [3.63, 3.8) is 0 Å². The van der Waals surface area contributed by atoms with Gasteiger partial charge in [0.05, 0.1) is 5.92 Å². The van der Waals surface area contributed by atoms with Crippen LogP contribution >= 0.6 is 11.6 Å². The third kappa shape index (κ3) is 3.31. The Morgan fingerprint density at radius 3 is 2.65 bits per heavy atom.